The molecule has 1 N–H and O–H groups in total. The summed E-state index contributed by atoms with van der Waals surface area (Å²) >= 11 is 0. The zero-order valence-corrected chi connectivity index (χ0v) is 18.4. The average molecular weight is 478 g/mol. The molecule has 2 amide bonds. The van der Waals surface area contributed by atoms with Gasteiger partial charge in [0.2, 0.25) is 5.89 Å². The van der Waals surface area contributed by atoms with Gasteiger partial charge in [-0.05, 0) is 59.7 Å². The number of anilines is 1. The molecule has 0 aliphatic carbocycles. The highest BCUT2D eigenvalue weighted by Crippen LogP contribution is 2.35. The summed E-state index contributed by atoms with van der Waals surface area (Å²) in [5.41, 5.74) is 2.95. The number of nitrogens with zero attached hydrogens (tertiary/aromatic N) is 2. The van der Waals surface area contributed by atoms with Crippen molar-refractivity contribution in [3.05, 3.63) is 107 Å². The second-order valence-corrected chi connectivity index (χ2v) is 8.24. The first kappa shape index (κ1) is 21.4. The number of amides is 2. The average Bonchev–Trinajstić information content (AvgIpc) is 3.43. The van der Waals surface area contributed by atoms with E-state index in [2.05, 4.69) is 4.98 Å². The van der Waals surface area contributed by atoms with Crippen LogP contribution < -0.4 is 4.90 Å². The SMILES string of the molecule is O=C(O)c1ccc2c(c1)C(=O)N(c1cc(-c3nc4cc(-c5ccccc5)ccc4o3)ccc1F)C2=O. The van der Waals surface area contributed by atoms with Gasteiger partial charge in [0, 0.05) is 5.56 Å². The van der Waals surface area contributed by atoms with E-state index in [-0.39, 0.29) is 28.3 Å². The maximum atomic E-state index is 14.9. The molecule has 0 fully saturated rings. The molecule has 0 unspecified atom stereocenters. The lowest BCUT2D eigenvalue weighted by Gasteiger charge is -2.15. The summed E-state index contributed by atoms with van der Waals surface area (Å²) < 4.78 is 20.7. The molecule has 0 bridgehead atoms. The van der Waals surface area contributed by atoms with Gasteiger partial charge in [0.15, 0.2) is 5.58 Å². The minimum Gasteiger partial charge on any atom is -0.478 e. The molecular weight excluding hydrogens is 463 g/mol. The number of hydrogen-bond acceptors (Lipinski definition) is 5. The molecule has 4 aromatic carbocycles. The largest absolute Gasteiger partial charge is 0.478 e. The number of carbonyl (C=O) groups is 3. The maximum absolute atomic E-state index is 14.9. The molecule has 0 saturated carbocycles. The monoisotopic (exact) mass is 478 g/mol. The Bertz CT molecular complexity index is 1730. The zero-order valence-electron chi connectivity index (χ0n) is 18.4. The fourth-order valence-corrected chi connectivity index (χ4v) is 4.27. The van der Waals surface area contributed by atoms with E-state index in [1.165, 1.54) is 24.3 Å². The molecule has 174 valence electrons. The van der Waals surface area contributed by atoms with Crippen LogP contribution in [0.25, 0.3) is 33.7 Å². The molecule has 0 radical (unpaired) electrons. The molecule has 7 nitrogen and oxygen atoms in total. The Balaban J connectivity index is 1.39. The van der Waals surface area contributed by atoms with Crippen LogP contribution in [-0.2, 0) is 0 Å². The van der Waals surface area contributed by atoms with Crippen LogP contribution in [0, 0.1) is 5.82 Å². The van der Waals surface area contributed by atoms with Gasteiger partial charge >= 0.3 is 5.97 Å². The van der Waals surface area contributed by atoms with Gasteiger partial charge in [0.1, 0.15) is 11.3 Å². The molecule has 36 heavy (non-hydrogen) atoms. The number of hydrogen-bond donors (Lipinski definition) is 1. The Kier molecular flexibility index (Phi) is 4.75. The zero-order chi connectivity index (χ0) is 25.0. The van der Waals surface area contributed by atoms with Crippen LogP contribution in [-0.4, -0.2) is 27.9 Å². The van der Waals surface area contributed by atoms with Crippen LogP contribution in [0.2, 0.25) is 0 Å². The fraction of sp³-hybridized carbons (Fsp3) is 0. The highest BCUT2D eigenvalue weighted by Gasteiger charge is 2.38. The summed E-state index contributed by atoms with van der Waals surface area (Å²) in [5.74, 6) is -3.39. The number of rotatable bonds is 4. The number of carboxylic acid groups (broad SMARTS) is 1. The first-order chi connectivity index (χ1) is 17.4. The quantitative estimate of drug-likeness (QED) is 0.328. The van der Waals surface area contributed by atoms with Gasteiger partial charge in [0.05, 0.1) is 22.4 Å². The second-order valence-electron chi connectivity index (χ2n) is 8.24. The lowest BCUT2D eigenvalue weighted by atomic mass is 10.1. The summed E-state index contributed by atoms with van der Waals surface area (Å²) in [6.07, 6.45) is 0. The Morgan fingerprint density at radius 1 is 0.806 bits per heavy atom. The lowest BCUT2D eigenvalue weighted by Crippen LogP contribution is -2.30. The molecule has 0 saturated heterocycles. The van der Waals surface area contributed by atoms with Gasteiger partial charge in [-0.15, -0.1) is 0 Å². The Morgan fingerprint density at radius 2 is 1.56 bits per heavy atom. The highest BCUT2D eigenvalue weighted by atomic mass is 19.1. The van der Waals surface area contributed by atoms with Crippen molar-refractivity contribution < 1.29 is 28.3 Å². The van der Waals surface area contributed by atoms with Crippen molar-refractivity contribution in [3.63, 3.8) is 0 Å². The molecule has 1 aliphatic heterocycles. The third-order valence-corrected chi connectivity index (χ3v) is 6.06. The van der Waals surface area contributed by atoms with Crippen LogP contribution >= 0.6 is 0 Å². The van der Waals surface area contributed by atoms with E-state index in [1.807, 2.05) is 42.5 Å². The standard InChI is InChI=1S/C28H15FN2O5/c29-21-10-7-17(25-30-22-13-16(8-11-24(22)36-25)15-4-2-1-3-5-15)14-23(21)31-26(32)19-9-6-18(28(34)35)12-20(19)27(31)33/h1-14H,(H,34,35). The van der Waals surface area contributed by atoms with Gasteiger partial charge in [-0.1, -0.05) is 36.4 Å². The Morgan fingerprint density at radius 3 is 2.33 bits per heavy atom. The van der Waals surface area contributed by atoms with Gasteiger partial charge in [-0.3, -0.25) is 9.59 Å². The molecule has 0 atom stereocenters. The summed E-state index contributed by atoms with van der Waals surface area (Å²) in [5, 5.41) is 9.21. The van der Waals surface area contributed by atoms with Crippen LogP contribution in [0.3, 0.4) is 0 Å². The highest BCUT2D eigenvalue weighted by molar-refractivity contribution is 6.34. The first-order valence-electron chi connectivity index (χ1n) is 10.9. The van der Waals surface area contributed by atoms with Crippen molar-refractivity contribution >= 4 is 34.6 Å². The van der Waals surface area contributed by atoms with Crippen molar-refractivity contribution in [3.8, 4) is 22.6 Å². The minimum atomic E-state index is -1.24. The molecular formula is C28H15FN2O5. The summed E-state index contributed by atoms with van der Waals surface area (Å²) in [7, 11) is 0. The van der Waals surface area contributed by atoms with Crippen LogP contribution in [0.1, 0.15) is 31.1 Å². The molecule has 1 aliphatic rings. The van der Waals surface area contributed by atoms with E-state index in [1.54, 1.807) is 6.07 Å². The Hall–Kier alpha value is -5.11. The van der Waals surface area contributed by atoms with Gasteiger partial charge in [-0.2, -0.15) is 0 Å². The predicted molar refractivity (Wildman–Crippen MR) is 129 cm³/mol. The molecule has 6 rings (SSSR count). The number of oxazole rings is 1. The van der Waals surface area contributed by atoms with Crippen LogP contribution in [0.15, 0.2) is 89.3 Å². The van der Waals surface area contributed by atoms with E-state index in [0.29, 0.717) is 21.6 Å². The molecule has 0 spiro atoms. The van der Waals surface area contributed by atoms with Gasteiger partial charge in [0.25, 0.3) is 11.8 Å². The number of aromatic nitrogens is 1. The summed E-state index contributed by atoms with van der Waals surface area (Å²) in [6, 6.07) is 22.9. The van der Waals surface area contributed by atoms with E-state index >= 15 is 0 Å². The Labute approximate surface area is 203 Å². The van der Waals surface area contributed by atoms with E-state index in [0.717, 1.165) is 23.3 Å². The number of fused-ring (bicyclic) bond motifs is 2. The fourth-order valence-electron chi connectivity index (χ4n) is 4.27. The minimum absolute atomic E-state index is 0.00473. The van der Waals surface area contributed by atoms with Crippen molar-refractivity contribution in [2.75, 3.05) is 4.90 Å². The number of imide groups is 1. The summed E-state index contributed by atoms with van der Waals surface area (Å²) in [6.45, 7) is 0. The number of benzene rings is 4. The number of halogens is 1. The first-order valence-corrected chi connectivity index (χ1v) is 10.9. The topological polar surface area (TPSA) is 101 Å². The second kappa shape index (κ2) is 7.99. The number of carbonyl (C=O) groups excluding carboxylic acids is 2. The van der Waals surface area contributed by atoms with Gasteiger partial charge in [-0.25, -0.2) is 19.1 Å². The number of carboxylic acids is 1. The smallest absolute Gasteiger partial charge is 0.335 e. The molecule has 8 heteroatoms. The third-order valence-electron chi connectivity index (χ3n) is 6.06. The van der Waals surface area contributed by atoms with Crippen molar-refractivity contribution in [1.29, 1.82) is 0 Å². The van der Waals surface area contributed by atoms with Crippen LogP contribution in [0.4, 0.5) is 10.1 Å². The van der Waals surface area contributed by atoms with E-state index in [9.17, 15) is 23.9 Å². The van der Waals surface area contributed by atoms with E-state index in [4.69, 9.17) is 4.42 Å². The molecule has 2 heterocycles. The molecule has 1 aromatic heterocycles. The van der Waals surface area contributed by atoms with Crippen molar-refractivity contribution in [1.82, 2.24) is 4.98 Å². The van der Waals surface area contributed by atoms with Crippen molar-refractivity contribution in [2.24, 2.45) is 0 Å². The number of aromatic carboxylic acids is 1. The van der Waals surface area contributed by atoms with Crippen molar-refractivity contribution in [2.45, 2.75) is 0 Å². The maximum Gasteiger partial charge on any atom is 0.335 e. The lowest BCUT2D eigenvalue weighted by molar-refractivity contribution is 0.0696. The predicted octanol–water partition coefficient (Wildman–Crippen LogP) is 5.80. The normalized spacial score (nSPS) is 12.9. The summed E-state index contributed by atoms with van der Waals surface area (Å²) in [4.78, 5) is 42.5. The van der Waals surface area contributed by atoms with Gasteiger partial charge < -0.3 is 9.52 Å². The third kappa shape index (κ3) is 3.35. The van der Waals surface area contributed by atoms with Crippen LogP contribution in [0.5, 0.6) is 0 Å². The molecule has 5 aromatic rings. The van der Waals surface area contributed by atoms with E-state index < -0.39 is 23.6 Å².